The van der Waals surface area contributed by atoms with Crippen LogP contribution in [0.15, 0.2) is 36.5 Å². The highest BCUT2D eigenvalue weighted by Crippen LogP contribution is 2.20. The first-order chi connectivity index (χ1) is 12.5. The summed E-state index contributed by atoms with van der Waals surface area (Å²) in [5, 5.41) is 9.44. The first-order valence-corrected chi connectivity index (χ1v) is 8.80. The largest absolute Gasteiger partial charge is 0.339 e. The van der Waals surface area contributed by atoms with Crippen LogP contribution in [0.1, 0.15) is 35.5 Å². The SMILES string of the molecule is CCc1ccc(-n2ccc(C#N)c2C(=O)N2CCN(C(C)=O)CC2)cc1. The zero-order valence-corrected chi connectivity index (χ0v) is 15.1. The number of carbonyl (C=O) groups excluding carboxylic acids is 2. The highest BCUT2D eigenvalue weighted by molar-refractivity contribution is 5.96. The molecule has 0 atom stereocenters. The predicted molar refractivity (Wildman–Crippen MR) is 98.0 cm³/mol. The third kappa shape index (κ3) is 3.33. The Morgan fingerprint density at radius 2 is 1.65 bits per heavy atom. The van der Waals surface area contributed by atoms with E-state index in [0.29, 0.717) is 37.4 Å². The standard InChI is InChI=1S/C20H22N4O2/c1-3-16-4-6-18(7-5-16)24-9-8-17(14-21)19(24)20(26)23-12-10-22(11-13-23)15(2)25/h4-9H,3,10-13H2,1-2H3. The van der Waals surface area contributed by atoms with Crippen molar-refractivity contribution in [3.05, 3.63) is 53.3 Å². The van der Waals surface area contributed by atoms with E-state index in [4.69, 9.17) is 0 Å². The predicted octanol–water partition coefficient (Wildman–Crippen LogP) is 2.22. The van der Waals surface area contributed by atoms with Crippen LogP contribution >= 0.6 is 0 Å². The van der Waals surface area contributed by atoms with Crippen LogP contribution in [0.3, 0.4) is 0 Å². The topological polar surface area (TPSA) is 69.3 Å². The van der Waals surface area contributed by atoms with Crippen LogP contribution in [-0.2, 0) is 11.2 Å². The lowest BCUT2D eigenvalue weighted by atomic mass is 10.1. The fourth-order valence-electron chi connectivity index (χ4n) is 3.22. The summed E-state index contributed by atoms with van der Waals surface area (Å²) in [6.45, 7) is 5.63. The Balaban J connectivity index is 1.89. The van der Waals surface area contributed by atoms with Crippen molar-refractivity contribution >= 4 is 11.8 Å². The van der Waals surface area contributed by atoms with Crippen LogP contribution in [-0.4, -0.2) is 52.4 Å². The minimum Gasteiger partial charge on any atom is -0.339 e. The van der Waals surface area contributed by atoms with Gasteiger partial charge in [-0.25, -0.2) is 0 Å². The molecule has 1 aliphatic heterocycles. The van der Waals surface area contributed by atoms with Crippen molar-refractivity contribution in [3.63, 3.8) is 0 Å². The Hall–Kier alpha value is -3.07. The number of hydrogen-bond acceptors (Lipinski definition) is 3. The molecular weight excluding hydrogens is 328 g/mol. The Labute approximate surface area is 153 Å². The maximum atomic E-state index is 13.1. The van der Waals surface area contributed by atoms with Gasteiger partial charge in [0.15, 0.2) is 0 Å². The summed E-state index contributed by atoms with van der Waals surface area (Å²) in [4.78, 5) is 28.0. The number of carbonyl (C=O) groups is 2. The Bertz CT molecular complexity index is 853. The van der Waals surface area contributed by atoms with Gasteiger partial charge in [-0.15, -0.1) is 0 Å². The smallest absolute Gasteiger partial charge is 0.272 e. The van der Waals surface area contributed by atoms with E-state index in [-0.39, 0.29) is 11.8 Å². The quantitative estimate of drug-likeness (QED) is 0.852. The molecule has 1 fully saturated rings. The van der Waals surface area contributed by atoms with Gasteiger partial charge in [-0.3, -0.25) is 9.59 Å². The lowest BCUT2D eigenvalue weighted by molar-refractivity contribution is -0.130. The zero-order chi connectivity index (χ0) is 18.7. The van der Waals surface area contributed by atoms with E-state index in [0.717, 1.165) is 12.1 Å². The van der Waals surface area contributed by atoms with Gasteiger partial charge in [0, 0.05) is 45.0 Å². The summed E-state index contributed by atoms with van der Waals surface area (Å²) in [7, 11) is 0. The van der Waals surface area contributed by atoms with Crippen molar-refractivity contribution in [1.82, 2.24) is 14.4 Å². The number of aromatic nitrogens is 1. The van der Waals surface area contributed by atoms with Gasteiger partial charge < -0.3 is 14.4 Å². The van der Waals surface area contributed by atoms with E-state index in [9.17, 15) is 14.9 Å². The first-order valence-electron chi connectivity index (χ1n) is 8.80. The molecule has 1 aromatic heterocycles. The zero-order valence-electron chi connectivity index (χ0n) is 15.1. The molecule has 2 heterocycles. The van der Waals surface area contributed by atoms with Gasteiger partial charge >= 0.3 is 0 Å². The Kier molecular flexibility index (Phi) is 5.08. The molecule has 1 saturated heterocycles. The summed E-state index contributed by atoms with van der Waals surface area (Å²) in [5.41, 5.74) is 2.82. The molecule has 1 aliphatic rings. The van der Waals surface area contributed by atoms with Gasteiger partial charge in [0.1, 0.15) is 11.8 Å². The normalized spacial score (nSPS) is 14.2. The lowest BCUT2D eigenvalue weighted by Crippen LogP contribution is -2.50. The van der Waals surface area contributed by atoms with Gasteiger partial charge in [0.2, 0.25) is 5.91 Å². The van der Waals surface area contributed by atoms with Crippen molar-refractivity contribution < 1.29 is 9.59 Å². The molecule has 2 aromatic rings. The maximum Gasteiger partial charge on any atom is 0.272 e. The summed E-state index contributed by atoms with van der Waals surface area (Å²) >= 11 is 0. The Morgan fingerprint density at radius 1 is 1.04 bits per heavy atom. The monoisotopic (exact) mass is 350 g/mol. The number of hydrogen-bond donors (Lipinski definition) is 0. The van der Waals surface area contributed by atoms with E-state index in [1.807, 2.05) is 24.3 Å². The molecule has 0 saturated carbocycles. The van der Waals surface area contributed by atoms with Crippen LogP contribution in [0.4, 0.5) is 0 Å². The number of nitrogens with zero attached hydrogens (tertiary/aromatic N) is 4. The van der Waals surface area contributed by atoms with E-state index in [1.165, 1.54) is 12.5 Å². The van der Waals surface area contributed by atoms with Gasteiger partial charge in [-0.1, -0.05) is 19.1 Å². The van der Waals surface area contributed by atoms with Crippen LogP contribution < -0.4 is 0 Å². The molecule has 6 heteroatoms. The number of rotatable bonds is 3. The summed E-state index contributed by atoms with van der Waals surface area (Å²) < 4.78 is 1.78. The summed E-state index contributed by atoms with van der Waals surface area (Å²) in [6.07, 6.45) is 2.71. The lowest BCUT2D eigenvalue weighted by Gasteiger charge is -2.34. The molecule has 6 nitrogen and oxygen atoms in total. The fourth-order valence-corrected chi connectivity index (χ4v) is 3.22. The average molecular weight is 350 g/mol. The third-order valence-electron chi connectivity index (χ3n) is 4.84. The van der Waals surface area contributed by atoms with Gasteiger partial charge in [0.05, 0.1) is 5.56 Å². The van der Waals surface area contributed by atoms with Crippen molar-refractivity contribution in [2.75, 3.05) is 26.2 Å². The number of nitriles is 1. The molecule has 0 N–H and O–H groups in total. The van der Waals surface area contributed by atoms with E-state index >= 15 is 0 Å². The number of amides is 2. The molecule has 0 bridgehead atoms. The molecule has 0 radical (unpaired) electrons. The number of benzene rings is 1. The van der Waals surface area contributed by atoms with Crippen molar-refractivity contribution in [2.24, 2.45) is 0 Å². The highest BCUT2D eigenvalue weighted by Gasteiger charge is 2.27. The highest BCUT2D eigenvalue weighted by atomic mass is 16.2. The minimum atomic E-state index is -0.172. The van der Waals surface area contributed by atoms with E-state index in [1.54, 1.807) is 26.6 Å². The molecule has 0 aliphatic carbocycles. The molecule has 0 spiro atoms. The average Bonchev–Trinajstić information content (AvgIpc) is 3.11. The van der Waals surface area contributed by atoms with Crippen molar-refractivity contribution in [1.29, 1.82) is 5.26 Å². The Morgan fingerprint density at radius 3 is 2.19 bits per heavy atom. The van der Waals surface area contributed by atoms with E-state index < -0.39 is 0 Å². The maximum absolute atomic E-state index is 13.1. The van der Waals surface area contributed by atoms with Crippen molar-refractivity contribution in [2.45, 2.75) is 20.3 Å². The molecular formula is C20H22N4O2. The molecule has 26 heavy (non-hydrogen) atoms. The van der Waals surface area contributed by atoms with Gasteiger partial charge in [-0.2, -0.15) is 5.26 Å². The second kappa shape index (κ2) is 7.44. The molecule has 0 unspecified atom stereocenters. The molecule has 2 amide bonds. The summed E-state index contributed by atoms with van der Waals surface area (Å²) in [6, 6.07) is 11.8. The van der Waals surface area contributed by atoms with E-state index in [2.05, 4.69) is 13.0 Å². The second-order valence-electron chi connectivity index (χ2n) is 6.38. The molecule has 134 valence electrons. The number of aryl methyl sites for hydroxylation is 1. The second-order valence-corrected chi connectivity index (χ2v) is 6.38. The fraction of sp³-hybridized carbons (Fsp3) is 0.350. The summed E-state index contributed by atoms with van der Waals surface area (Å²) in [5.74, 6) is -0.150. The van der Waals surface area contributed by atoms with Crippen LogP contribution in [0.2, 0.25) is 0 Å². The molecule has 3 rings (SSSR count). The first kappa shape index (κ1) is 17.7. The van der Waals surface area contributed by atoms with Crippen molar-refractivity contribution in [3.8, 4) is 11.8 Å². The van der Waals surface area contributed by atoms with Gasteiger partial charge in [0.25, 0.3) is 5.91 Å². The minimum absolute atomic E-state index is 0.0224. The van der Waals surface area contributed by atoms with Gasteiger partial charge in [-0.05, 0) is 30.2 Å². The molecule has 1 aromatic carbocycles. The number of piperazine rings is 1. The van der Waals surface area contributed by atoms with Crippen LogP contribution in [0, 0.1) is 11.3 Å². The van der Waals surface area contributed by atoms with Crippen LogP contribution in [0.5, 0.6) is 0 Å². The third-order valence-corrected chi connectivity index (χ3v) is 4.84. The van der Waals surface area contributed by atoms with Crippen LogP contribution in [0.25, 0.3) is 5.69 Å².